The summed E-state index contributed by atoms with van der Waals surface area (Å²) >= 11 is 1.51. The fourth-order valence-corrected chi connectivity index (χ4v) is 2.74. The van der Waals surface area contributed by atoms with Gasteiger partial charge in [-0.25, -0.2) is 8.78 Å². The lowest BCUT2D eigenvalue weighted by atomic mass is 10.1. The molecule has 0 aliphatic carbocycles. The van der Waals surface area contributed by atoms with Crippen molar-refractivity contribution in [2.24, 2.45) is 0 Å². The van der Waals surface area contributed by atoms with Crippen LogP contribution in [0.4, 0.5) is 8.78 Å². The number of thiophene rings is 1. The summed E-state index contributed by atoms with van der Waals surface area (Å²) in [5.74, 6) is -3.11. The van der Waals surface area contributed by atoms with Gasteiger partial charge in [0.15, 0.2) is 12.4 Å². The summed E-state index contributed by atoms with van der Waals surface area (Å²) in [6.45, 7) is 1.15. The number of hydrogen-bond donors (Lipinski definition) is 0. The fourth-order valence-electron chi connectivity index (χ4n) is 1.98. The van der Waals surface area contributed by atoms with E-state index >= 15 is 0 Å². The van der Waals surface area contributed by atoms with E-state index in [-0.39, 0.29) is 17.2 Å². The Balaban J connectivity index is 2.05. The summed E-state index contributed by atoms with van der Waals surface area (Å²) in [7, 11) is 1.60. The summed E-state index contributed by atoms with van der Waals surface area (Å²) in [6.07, 6.45) is 0. The smallest absolute Gasteiger partial charge is 0.260 e. The van der Waals surface area contributed by atoms with Crippen LogP contribution in [0.1, 0.15) is 22.2 Å². The molecule has 0 spiro atoms. The van der Waals surface area contributed by atoms with Gasteiger partial charge < -0.3 is 9.64 Å². The second kappa shape index (κ2) is 7.32. The molecule has 0 aliphatic heterocycles. The SMILES string of the molecule is CC(=O)c1c(F)cc(F)cc1OCC(=O)N(C)Cc1cccs1. The molecule has 122 valence electrons. The molecule has 7 heteroatoms. The van der Waals surface area contributed by atoms with E-state index in [1.807, 2.05) is 17.5 Å². The van der Waals surface area contributed by atoms with E-state index in [1.54, 1.807) is 7.05 Å². The second-order valence-corrected chi connectivity index (χ2v) is 5.97. The third-order valence-electron chi connectivity index (χ3n) is 3.12. The number of carbonyl (C=O) groups excluding carboxylic acids is 2. The number of Topliss-reactive ketones (excluding diaryl/α,β-unsaturated/α-hetero) is 1. The lowest BCUT2D eigenvalue weighted by Crippen LogP contribution is -2.31. The van der Waals surface area contributed by atoms with E-state index in [0.717, 1.165) is 17.9 Å². The molecule has 0 atom stereocenters. The van der Waals surface area contributed by atoms with E-state index in [9.17, 15) is 18.4 Å². The molecule has 1 heterocycles. The Kier molecular flexibility index (Phi) is 5.44. The Hall–Kier alpha value is -2.28. The highest BCUT2D eigenvalue weighted by Crippen LogP contribution is 2.24. The number of benzene rings is 1. The molecule has 1 aromatic heterocycles. The van der Waals surface area contributed by atoms with Crippen LogP contribution in [0, 0.1) is 11.6 Å². The van der Waals surface area contributed by atoms with Gasteiger partial charge in [0.2, 0.25) is 0 Å². The molecule has 0 bridgehead atoms. The largest absolute Gasteiger partial charge is 0.483 e. The van der Waals surface area contributed by atoms with Crippen molar-refractivity contribution in [3.8, 4) is 5.75 Å². The second-order valence-electron chi connectivity index (χ2n) is 4.93. The molecule has 2 aromatic rings. The molecular formula is C16H15F2NO3S. The van der Waals surface area contributed by atoms with Crippen LogP contribution in [0.15, 0.2) is 29.6 Å². The molecule has 2 rings (SSSR count). The maximum absolute atomic E-state index is 13.7. The lowest BCUT2D eigenvalue weighted by molar-refractivity contribution is -0.132. The van der Waals surface area contributed by atoms with Crippen molar-refractivity contribution < 1.29 is 23.1 Å². The molecule has 0 radical (unpaired) electrons. The molecule has 0 saturated heterocycles. The van der Waals surface area contributed by atoms with Gasteiger partial charge in [-0.15, -0.1) is 11.3 Å². The first kappa shape index (κ1) is 17.1. The Bertz CT molecular complexity index is 716. The summed E-state index contributed by atoms with van der Waals surface area (Å²) in [5, 5.41) is 1.90. The standard InChI is InChI=1S/C16H15F2NO3S/c1-10(20)16-13(18)6-11(17)7-14(16)22-9-15(21)19(2)8-12-4-3-5-23-12/h3-7H,8-9H2,1-2H3. The van der Waals surface area contributed by atoms with Gasteiger partial charge in [-0.3, -0.25) is 9.59 Å². The maximum Gasteiger partial charge on any atom is 0.260 e. The summed E-state index contributed by atoms with van der Waals surface area (Å²) in [5.41, 5.74) is -0.361. The molecule has 0 N–H and O–H groups in total. The number of rotatable bonds is 6. The van der Waals surface area contributed by atoms with Crippen LogP contribution in [-0.4, -0.2) is 30.2 Å². The van der Waals surface area contributed by atoms with Gasteiger partial charge in [-0.2, -0.15) is 0 Å². The normalized spacial score (nSPS) is 10.4. The summed E-state index contributed by atoms with van der Waals surface area (Å²) < 4.78 is 32.1. The maximum atomic E-state index is 13.7. The number of ether oxygens (including phenoxy) is 1. The summed E-state index contributed by atoms with van der Waals surface area (Å²) in [6, 6.07) is 5.27. The molecule has 0 unspecified atom stereocenters. The Morgan fingerprint density at radius 3 is 2.65 bits per heavy atom. The first-order valence-electron chi connectivity index (χ1n) is 6.77. The van der Waals surface area contributed by atoms with Crippen molar-refractivity contribution >= 4 is 23.0 Å². The number of ketones is 1. The molecular weight excluding hydrogens is 324 g/mol. The van der Waals surface area contributed by atoms with Crippen LogP contribution in [0.5, 0.6) is 5.75 Å². The van der Waals surface area contributed by atoms with E-state index < -0.39 is 24.0 Å². The zero-order chi connectivity index (χ0) is 17.0. The number of halogens is 2. The highest BCUT2D eigenvalue weighted by Gasteiger charge is 2.18. The van der Waals surface area contributed by atoms with Crippen molar-refractivity contribution in [3.63, 3.8) is 0 Å². The number of carbonyl (C=O) groups is 2. The summed E-state index contributed by atoms with van der Waals surface area (Å²) in [4.78, 5) is 25.9. The minimum Gasteiger partial charge on any atom is -0.483 e. The van der Waals surface area contributed by atoms with E-state index in [1.165, 1.54) is 16.2 Å². The van der Waals surface area contributed by atoms with Gasteiger partial charge >= 0.3 is 0 Å². The molecule has 1 aromatic carbocycles. The average Bonchev–Trinajstić information content (AvgIpc) is 2.96. The van der Waals surface area contributed by atoms with E-state index in [0.29, 0.717) is 12.6 Å². The zero-order valence-electron chi connectivity index (χ0n) is 12.6. The number of nitrogens with zero attached hydrogens (tertiary/aromatic N) is 1. The van der Waals surface area contributed by atoms with Crippen LogP contribution < -0.4 is 4.74 Å². The van der Waals surface area contributed by atoms with Gasteiger partial charge in [-0.05, 0) is 18.4 Å². The number of likely N-dealkylation sites (N-methyl/N-ethyl adjacent to an activating group) is 1. The predicted molar refractivity (Wildman–Crippen MR) is 82.7 cm³/mol. The van der Waals surface area contributed by atoms with Gasteiger partial charge in [-0.1, -0.05) is 6.07 Å². The quantitative estimate of drug-likeness (QED) is 0.759. The number of amides is 1. The molecule has 0 aliphatic rings. The van der Waals surface area contributed by atoms with Gasteiger partial charge in [0, 0.05) is 24.1 Å². The van der Waals surface area contributed by atoms with Crippen LogP contribution in [-0.2, 0) is 11.3 Å². The van der Waals surface area contributed by atoms with E-state index in [2.05, 4.69) is 0 Å². The van der Waals surface area contributed by atoms with Crippen LogP contribution in [0.25, 0.3) is 0 Å². The van der Waals surface area contributed by atoms with Crippen LogP contribution in [0.3, 0.4) is 0 Å². The Morgan fingerprint density at radius 2 is 2.04 bits per heavy atom. The zero-order valence-corrected chi connectivity index (χ0v) is 13.5. The van der Waals surface area contributed by atoms with Crippen molar-refractivity contribution in [2.75, 3.05) is 13.7 Å². The van der Waals surface area contributed by atoms with Crippen LogP contribution >= 0.6 is 11.3 Å². The van der Waals surface area contributed by atoms with Gasteiger partial charge in [0.1, 0.15) is 17.4 Å². The number of hydrogen-bond acceptors (Lipinski definition) is 4. The first-order valence-corrected chi connectivity index (χ1v) is 7.65. The van der Waals surface area contributed by atoms with Crippen molar-refractivity contribution in [3.05, 3.63) is 51.7 Å². The lowest BCUT2D eigenvalue weighted by Gasteiger charge is -2.17. The minimum absolute atomic E-state index is 0.270. The van der Waals surface area contributed by atoms with Gasteiger partial charge in [0.05, 0.1) is 12.1 Å². The fraction of sp³-hybridized carbons (Fsp3) is 0.250. The molecule has 0 fully saturated rings. The molecule has 4 nitrogen and oxygen atoms in total. The third kappa shape index (κ3) is 4.35. The van der Waals surface area contributed by atoms with Crippen molar-refractivity contribution in [1.29, 1.82) is 0 Å². The monoisotopic (exact) mass is 339 g/mol. The third-order valence-corrected chi connectivity index (χ3v) is 3.98. The predicted octanol–water partition coefficient (Wildman–Crippen LogP) is 3.27. The van der Waals surface area contributed by atoms with Crippen molar-refractivity contribution in [2.45, 2.75) is 13.5 Å². The molecule has 0 saturated carbocycles. The molecule has 23 heavy (non-hydrogen) atoms. The highest BCUT2D eigenvalue weighted by atomic mass is 32.1. The Morgan fingerprint density at radius 1 is 1.30 bits per heavy atom. The topological polar surface area (TPSA) is 46.6 Å². The van der Waals surface area contributed by atoms with Crippen LogP contribution in [0.2, 0.25) is 0 Å². The average molecular weight is 339 g/mol. The molecule has 1 amide bonds. The Labute approximate surface area is 136 Å². The minimum atomic E-state index is -1.01. The van der Waals surface area contributed by atoms with Crippen molar-refractivity contribution in [1.82, 2.24) is 4.90 Å². The van der Waals surface area contributed by atoms with Gasteiger partial charge in [0.25, 0.3) is 5.91 Å². The highest BCUT2D eigenvalue weighted by molar-refractivity contribution is 7.09. The first-order chi connectivity index (χ1) is 10.9. The van der Waals surface area contributed by atoms with E-state index in [4.69, 9.17) is 4.74 Å².